The molecule has 39 heavy (non-hydrogen) atoms. The van der Waals surface area contributed by atoms with Gasteiger partial charge in [-0.3, -0.25) is 19.6 Å². The van der Waals surface area contributed by atoms with E-state index in [4.69, 9.17) is 9.72 Å². The number of benzene rings is 3. The van der Waals surface area contributed by atoms with Crippen LogP contribution in [0.5, 0.6) is 0 Å². The number of hydrogen-bond donors (Lipinski definition) is 0. The van der Waals surface area contributed by atoms with Gasteiger partial charge in [-0.1, -0.05) is 61.5 Å². The molecule has 4 aromatic rings. The monoisotopic (exact) mass is 519 g/mol. The first-order valence-corrected chi connectivity index (χ1v) is 13.9. The molecular formula is C33H33N3O3. The van der Waals surface area contributed by atoms with E-state index in [1.54, 1.807) is 11.8 Å². The molecule has 3 aromatic carbocycles. The van der Waals surface area contributed by atoms with Gasteiger partial charge in [0.05, 0.1) is 22.5 Å². The summed E-state index contributed by atoms with van der Waals surface area (Å²) < 4.78 is 6.02. The van der Waals surface area contributed by atoms with Gasteiger partial charge < -0.3 is 4.74 Å². The van der Waals surface area contributed by atoms with Gasteiger partial charge in [-0.05, 0) is 62.1 Å². The Morgan fingerprint density at radius 1 is 0.897 bits per heavy atom. The SMILES string of the molecule is CCCN1CCc2nc3ccccc3c(C(=O)OC(C)C(=O)N3c4ccccc4CCc4ccccc43)c2C1. The number of amides is 1. The predicted octanol–water partition coefficient (Wildman–Crippen LogP) is 6.01. The van der Waals surface area contributed by atoms with Gasteiger partial charge in [0.2, 0.25) is 0 Å². The predicted molar refractivity (Wildman–Crippen MR) is 153 cm³/mol. The van der Waals surface area contributed by atoms with Crippen molar-refractivity contribution < 1.29 is 14.3 Å². The van der Waals surface area contributed by atoms with Crippen molar-refractivity contribution in [1.29, 1.82) is 0 Å². The molecule has 0 aliphatic carbocycles. The van der Waals surface area contributed by atoms with E-state index >= 15 is 0 Å². The van der Waals surface area contributed by atoms with Crippen molar-refractivity contribution in [3.05, 3.63) is 101 Å². The van der Waals surface area contributed by atoms with Crippen molar-refractivity contribution in [2.24, 2.45) is 0 Å². The number of fused-ring (bicyclic) bond motifs is 4. The minimum absolute atomic E-state index is 0.259. The molecule has 0 spiro atoms. The number of ether oxygens (including phenoxy) is 1. The van der Waals surface area contributed by atoms with Gasteiger partial charge in [0.15, 0.2) is 6.10 Å². The number of rotatable bonds is 5. The number of esters is 1. The number of anilines is 2. The topological polar surface area (TPSA) is 62.7 Å². The Morgan fingerprint density at radius 2 is 1.54 bits per heavy atom. The highest BCUT2D eigenvalue weighted by molar-refractivity contribution is 6.08. The fourth-order valence-corrected chi connectivity index (χ4v) is 5.96. The molecule has 3 heterocycles. The third kappa shape index (κ3) is 4.70. The summed E-state index contributed by atoms with van der Waals surface area (Å²) in [6, 6.07) is 23.7. The zero-order chi connectivity index (χ0) is 26.9. The van der Waals surface area contributed by atoms with Crippen LogP contribution >= 0.6 is 0 Å². The van der Waals surface area contributed by atoms with Crippen LogP contribution < -0.4 is 4.90 Å². The maximum absolute atomic E-state index is 14.1. The first-order valence-electron chi connectivity index (χ1n) is 13.9. The Hall–Kier alpha value is -4.03. The van der Waals surface area contributed by atoms with Crippen molar-refractivity contribution in [3.8, 4) is 0 Å². The number of nitrogens with zero attached hydrogens (tertiary/aromatic N) is 3. The lowest BCUT2D eigenvalue weighted by molar-refractivity contribution is -0.125. The molecule has 6 nitrogen and oxygen atoms in total. The number of carbonyl (C=O) groups is 2. The van der Waals surface area contributed by atoms with E-state index in [0.29, 0.717) is 12.1 Å². The number of aryl methyl sites for hydroxylation is 2. The second-order valence-corrected chi connectivity index (χ2v) is 10.4. The average Bonchev–Trinajstić information content (AvgIpc) is 3.12. The number of hydrogen-bond acceptors (Lipinski definition) is 5. The molecule has 2 aliphatic heterocycles. The molecule has 1 atom stereocenters. The van der Waals surface area contributed by atoms with Crippen LogP contribution in [0.2, 0.25) is 0 Å². The highest BCUT2D eigenvalue weighted by Crippen LogP contribution is 2.37. The summed E-state index contributed by atoms with van der Waals surface area (Å²) in [4.78, 5) is 37.0. The first-order chi connectivity index (χ1) is 19.0. The van der Waals surface area contributed by atoms with Gasteiger partial charge in [0.1, 0.15) is 0 Å². The van der Waals surface area contributed by atoms with Crippen molar-refractivity contribution in [1.82, 2.24) is 9.88 Å². The van der Waals surface area contributed by atoms with Gasteiger partial charge in [-0.2, -0.15) is 0 Å². The molecule has 1 aromatic heterocycles. The molecule has 0 radical (unpaired) electrons. The van der Waals surface area contributed by atoms with Gasteiger partial charge >= 0.3 is 5.97 Å². The van der Waals surface area contributed by atoms with Crippen molar-refractivity contribution in [2.45, 2.75) is 52.2 Å². The number of aromatic nitrogens is 1. The Bertz CT molecular complexity index is 1520. The fourth-order valence-electron chi connectivity index (χ4n) is 5.96. The Balaban J connectivity index is 1.36. The average molecular weight is 520 g/mol. The lowest BCUT2D eigenvalue weighted by Crippen LogP contribution is -2.38. The van der Waals surface area contributed by atoms with Crippen molar-refractivity contribution in [2.75, 3.05) is 18.0 Å². The van der Waals surface area contributed by atoms with E-state index in [1.807, 2.05) is 60.7 Å². The van der Waals surface area contributed by atoms with Gasteiger partial charge in [0, 0.05) is 36.2 Å². The molecule has 1 amide bonds. The largest absolute Gasteiger partial charge is 0.449 e. The maximum Gasteiger partial charge on any atom is 0.339 e. The molecule has 0 saturated carbocycles. The summed E-state index contributed by atoms with van der Waals surface area (Å²) in [6.07, 6.45) is 2.54. The Labute approximate surface area is 229 Å². The molecule has 0 fully saturated rings. The quantitative estimate of drug-likeness (QED) is 0.302. The summed E-state index contributed by atoms with van der Waals surface area (Å²) in [5.41, 5.74) is 7.08. The number of para-hydroxylation sites is 3. The van der Waals surface area contributed by atoms with Crippen LogP contribution in [0.4, 0.5) is 11.4 Å². The highest BCUT2D eigenvalue weighted by Gasteiger charge is 2.33. The van der Waals surface area contributed by atoms with Crippen LogP contribution in [0.25, 0.3) is 10.9 Å². The lowest BCUT2D eigenvalue weighted by atomic mass is 9.95. The molecule has 198 valence electrons. The van der Waals surface area contributed by atoms with Gasteiger partial charge in [-0.25, -0.2) is 4.79 Å². The minimum atomic E-state index is -0.977. The number of carbonyl (C=O) groups excluding carboxylic acids is 2. The van der Waals surface area contributed by atoms with Crippen LogP contribution in [-0.4, -0.2) is 41.0 Å². The molecular weight excluding hydrogens is 486 g/mol. The van der Waals surface area contributed by atoms with Crippen LogP contribution in [0.3, 0.4) is 0 Å². The molecule has 6 heteroatoms. The zero-order valence-electron chi connectivity index (χ0n) is 22.5. The smallest absolute Gasteiger partial charge is 0.339 e. The Morgan fingerprint density at radius 3 is 2.23 bits per heavy atom. The van der Waals surface area contributed by atoms with Crippen LogP contribution in [0.15, 0.2) is 72.8 Å². The lowest BCUT2D eigenvalue weighted by Gasteiger charge is -2.30. The Kier molecular flexibility index (Phi) is 6.88. The fraction of sp³-hybridized carbons (Fsp3) is 0.303. The van der Waals surface area contributed by atoms with Crippen molar-refractivity contribution in [3.63, 3.8) is 0 Å². The minimum Gasteiger partial charge on any atom is -0.449 e. The summed E-state index contributed by atoms with van der Waals surface area (Å²) in [7, 11) is 0. The standard InChI is InChI=1S/C33H33N3O3/c1-3-19-35-20-18-28-26(21-35)31(25-12-6-7-13-27(25)34-28)33(38)39-22(2)32(37)36-29-14-8-4-10-23(29)16-17-24-11-5-9-15-30(24)36/h4-15,22H,3,16-21H2,1-2H3. The second-order valence-electron chi connectivity index (χ2n) is 10.4. The molecule has 1 unspecified atom stereocenters. The van der Waals surface area contributed by atoms with E-state index < -0.39 is 12.1 Å². The number of pyridine rings is 1. The molecule has 0 bridgehead atoms. The third-order valence-corrected chi connectivity index (χ3v) is 7.85. The third-order valence-electron chi connectivity index (χ3n) is 7.85. The summed E-state index contributed by atoms with van der Waals surface area (Å²) >= 11 is 0. The van der Waals surface area contributed by atoms with E-state index in [9.17, 15) is 9.59 Å². The normalized spacial score (nSPS) is 15.6. The van der Waals surface area contributed by atoms with Crippen LogP contribution in [-0.2, 0) is 35.3 Å². The summed E-state index contributed by atoms with van der Waals surface area (Å²) in [6.45, 7) is 6.37. The first kappa shape index (κ1) is 25.3. The van der Waals surface area contributed by atoms with E-state index in [2.05, 4.69) is 24.0 Å². The molecule has 0 N–H and O–H groups in total. The van der Waals surface area contributed by atoms with E-state index in [0.717, 1.165) is 83.4 Å². The van der Waals surface area contributed by atoms with E-state index in [1.165, 1.54) is 0 Å². The van der Waals surface area contributed by atoms with Crippen LogP contribution in [0, 0.1) is 0 Å². The highest BCUT2D eigenvalue weighted by atomic mass is 16.5. The molecule has 6 rings (SSSR count). The summed E-state index contributed by atoms with van der Waals surface area (Å²) in [5.74, 6) is -0.731. The van der Waals surface area contributed by atoms with Gasteiger partial charge in [0.25, 0.3) is 5.91 Å². The maximum atomic E-state index is 14.1. The molecule has 0 saturated heterocycles. The molecule has 2 aliphatic rings. The van der Waals surface area contributed by atoms with Crippen LogP contribution in [0.1, 0.15) is 53.0 Å². The van der Waals surface area contributed by atoms with Gasteiger partial charge in [-0.15, -0.1) is 0 Å². The van der Waals surface area contributed by atoms with E-state index in [-0.39, 0.29) is 5.91 Å². The zero-order valence-corrected chi connectivity index (χ0v) is 22.5. The van der Waals surface area contributed by atoms with Crippen molar-refractivity contribution >= 4 is 34.2 Å². The summed E-state index contributed by atoms with van der Waals surface area (Å²) in [5, 5.41) is 0.768. The second kappa shape index (κ2) is 10.6.